The van der Waals surface area contributed by atoms with Gasteiger partial charge in [-0.2, -0.15) is 5.26 Å². The summed E-state index contributed by atoms with van der Waals surface area (Å²) in [5.74, 6) is -0.177. The van der Waals surface area contributed by atoms with Gasteiger partial charge in [0.1, 0.15) is 0 Å². The van der Waals surface area contributed by atoms with E-state index in [1.165, 1.54) is 0 Å². The van der Waals surface area contributed by atoms with Crippen LogP contribution < -0.4 is 4.90 Å². The van der Waals surface area contributed by atoms with E-state index >= 15 is 0 Å². The highest BCUT2D eigenvalue weighted by Gasteiger charge is 2.22. The van der Waals surface area contributed by atoms with Gasteiger partial charge in [-0.25, -0.2) is 0 Å². The van der Waals surface area contributed by atoms with Gasteiger partial charge in [0, 0.05) is 30.3 Å². The number of nitrogens with zero attached hydrogens (tertiary/aromatic N) is 4. The van der Waals surface area contributed by atoms with E-state index in [0.717, 1.165) is 5.56 Å². The first-order valence-corrected chi connectivity index (χ1v) is 9.27. The minimum Gasteiger partial charge on any atom is -0.378 e. The Hall–Kier alpha value is -2.14. The molecule has 0 N–H and O–H groups in total. The molecular formula is C19H25ClN4O3. The zero-order chi connectivity index (χ0) is 19.8. The number of benzene rings is 1. The maximum absolute atomic E-state index is 12.8. The van der Waals surface area contributed by atoms with Crippen molar-refractivity contribution in [2.75, 3.05) is 57.9 Å². The standard InChI is InChI=1S/C19H25ClN4O3/c1-15-12-16(4-5-17(15)20)24(7-3-6-21)19(26)14-22(2)13-18(25)23-8-10-27-11-9-23/h4-5,12H,3,7-11,13-14H2,1-2H3. The number of carbonyl (C=O) groups is 2. The van der Waals surface area contributed by atoms with Crippen LogP contribution in [0.2, 0.25) is 5.02 Å². The number of nitriles is 1. The SMILES string of the molecule is Cc1cc(N(CCC#N)C(=O)CN(C)CC(=O)N2CCOCC2)ccc1Cl. The molecule has 0 spiro atoms. The van der Waals surface area contributed by atoms with Gasteiger partial charge in [0.15, 0.2) is 0 Å². The fourth-order valence-electron chi connectivity index (χ4n) is 2.87. The van der Waals surface area contributed by atoms with Crippen molar-refractivity contribution in [3.63, 3.8) is 0 Å². The van der Waals surface area contributed by atoms with Crippen LogP contribution in [-0.4, -0.2) is 74.6 Å². The molecule has 0 aromatic heterocycles. The van der Waals surface area contributed by atoms with Gasteiger partial charge in [-0.05, 0) is 37.7 Å². The van der Waals surface area contributed by atoms with E-state index in [1.807, 2.05) is 13.0 Å². The predicted octanol–water partition coefficient (Wildman–Crippen LogP) is 1.69. The fraction of sp³-hybridized carbons (Fsp3) is 0.526. The maximum Gasteiger partial charge on any atom is 0.241 e. The third kappa shape index (κ3) is 6.21. The molecule has 2 rings (SSSR count). The summed E-state index contributed by atoms with van der Waals surface area (Å²) >= 11 is 6.07. The molecule has 7 nitrogen and oxygen atoms in total. The molecule has 1 heterocycles. The molecule has 2 amide bonds. The highest BCUT2D eigenvalue weighted by atomic mass is 35.5. The van der Waals surface area contributed by atoms with Gasteiger partial charge in [0.25, 0.3) is 0 Å². The van der Waals surface area contributed by atoms with Crippen molar-refractivity contribution in [1.82, 2.24) is 9.80 Å². The third-order valence-electron chi connectivity index (χ3n) is 4.38. The van der Waals surface area contributed by atoms with E-state index in [1.54, 1.807) is 33.9 Å². The summed E-state index contributed by atoms with van der Waals surface area (Å²) in [5.41, 5.74) is 1.56. The molecular weight excluding hydrogens is 368 g/mol. The number of carbonyl (C=O) groups excluding carboxylic acids is 2. The zero-order valence-electron chi connectivity index (χ0n) is 15.8. The number of hydrogen-bond donors (Lipinski definition) is 0. The first-order chi connectivity index (χ1) is 12.9. The lowest BCUT2D eigenvalue weighted by atomic mass is 10.2. The second kappa shape index (κ2) is 10.3. The number of ether oxygens (including phenoxy) is 1. The van der Waals surface area contributed by atoms with Crippen LogP contribution in [0.25, 0.3) is 0 Å². The summed E-state index contributed by atoms with van der Waals surface area (Å²) in [4.78, 5) is 30.2. The molecule has 8 heteroatoms. The molecule has 1 aliphatic rings. The van der Waals surface area contributed by atoms with Crippen LogP contribution in [0.15, 0.2) is 18.2 Å². The smallest absolute Gasteiger partial charge is 0.241 e. The highest BCUT2D eigenvalue weighted by molar-refractivity contribution is 6.31. The first kappa shape index (κ1) is 21.2. The van der Waals surface area contributed by atoms with Gasteiger partial charge >= 0.3 is 0 Å². The van der Waals surface area contributed by atoms with Crippen LogP contribution >= 0.6 is 11.6 Å². The minimum atomic E-state index is -0.163. The highest BCUT2D eigenvalue weighted by Crippen LogP contribution is 2.23. The first-order valence-electron chi connectivity index (χ1n) is 8.90. The molecule has 1 fully saturated rings. The van der Waals surface area contributed by atoms with Crippen LogP contribution in [0.1, 0.15) is 12.0 Å². The Morgan fingerprint density at radius 3 is 2.63 bits per heavy atom. The lowest BCUT2D eigenvalue weighted by Gasteiger charge is -2.29. The Morgan fingerprint density at radius 2 is 2.00 bits per heavy atom. The number of morpholine rings is 1. The molecule has 0 bridgehead atoms. The van der Waals surface area contributed by atoms with Crippen molar-refractivity contribution in [1.29, 1.82) is 5.26 Å². The zero-order valence-corrected chi connectivity index (χ0v) is 16.5. The maximum atomic E-state index is 12.8. The molecule has 1 aliphatic heterocycles. The van der Waals surface area contributed by atoms with E-state index in [-0.39, 0.29) is 31.3 Å². The number of likely N-dealkylation sites (N-methyl/N-ethyl adjacent to an activating group) is 1. The van der Waals surface area contributed by atoms with E-state index < -0.39 is 0 Å². The summed E-state index contributed by atoms with van der Waals surface area (Å²) in [6.07, 6.45) is 0.226. The lowest BCUT2D eigenvalue weighted by Crippen LogP contribution is -2.47. The Bertz CT molecular complexity index is 713. The van der Waals surface area contributed by atoms with Gasteiger partial charge < -0.3 is 14.5 Å². The van der Waals surface area contributed by atoms with Gasteiger partial charge in [0.05, 0.1) is 38.8 Å². The Labute approximate surface area is 165 Å². The lowest BCUT2D eigenvalue weighted by molar-refractivity contribution is -0.136. The van der Waals surface area contributed by atoms with Gasteiger partial charge in [-0.3, -0.25) is 14.5 Å². The van der Waals surface area contributed by atoms with Gasteiger partial charge in [-0.1, -0.05) is 11.6 Å². The average Bonchev–Trinajstić information content (AvgIpc) is 2.65. The van der Waals surface area contributed by atoms with Crippen molar-refractivity contribution >= 4 is 29.1 Å². The summed E-state index contributed by atoms with van der Waals surface area (Å²) < 4.78 is 5.25. The van der Waals surface area contributed by atoms with E-state index in [9.17, 15) is 9.59 Å². The molecule has 1 aromatic carbocycles. The second-order valence-corrected chi connectivity index (χ2v) is 6.96. The predicted molar refractivity (Wildman–Crippen MR) is 104 cm³/mol. The van der Waals surface area contributed by atoms with Crippen LogP contribution in [0.4, 0.5) is 5.69 Å². The van der Waals surface area contributed by atoms with Crippen molar-refractivity contribution in [3.8, 4) is 6.07 Å². The Balaban J connectivity index is 2.00. The topological polar surface area (TPSA) is 76.9 Å². The molecule has 0 aliphatic carbocycles. The van der Waals surface area contributed by atoms with Crippen LogP contribution in [-0.2, 0) is 14.3 Å². The summed E-state index contributed by atoms with van der Waals surface area (Å²) in [5, 5.41) is 9.53. The van der Waals surface area contributed by atoms with Crippen molar-refractivity contribution in [2.45, 2.75) is 13.3 Å². The number of amides is 2. The summed E-state index contributed by atoms with van der Waals surface area (Å²) in [7, 11) is 1.74. The molecule has 146 valence electrons. The summed E-state index contributed by atoms with van der Waals surface area (Å²) in [6, 6.07) is 7.41. The molecule has 0 unspecified atom stereocenters. The largest absolute Gasteiger partial charge is 0.378 e. The van der Waals surface area contributed by atoms with E-state index in [4.69, 9.17) is 21.6 Å². The fourth-order valence-corrected chi connectivity index (χ4v) is 2.99. The van der Waals surface area contributed by atoms with Crippen molar-refractivity contribution < 1.29 is 14.3 Å². The number of halogens is 1. The van der Waals surface area contributed by atoms with Gasteiger partial charge in [0.2, 0.25) is 11.8 Å². The quantitative estimate of drug-likeness (QED) is 0.705. The number of rotatable bonds is 7. The number of hydrogen-bond acceptors (Lipinski definition) is 5. The molecule has 1 aromatic rings. The normalized spacial score (nSPS) is 14.1. The van der Waals surface area contributed by atoms with Crippen molar-refractivity contribution in [3.05, 3.63) is 28.8 Å². The Kier molecular flexibility index (Phi) is 8.04. The molecule has 0 radical (unpaired) electrons. The molecule has 27 heavy (non-hydrogen) atoms. The van der Waals surface area contributed by atoms with E-state index in [2.05, 4.69) is 6.07 Å². The van der Waals surface area contributed by atoms with Crippen molar-refractivity contribution in [2.24, 2.45) is 0 Å². The number of aryl methyl sites for hydroxylation is 1. The third-order valence-corrected chi connectivity index (χ3v) is 4.80. The van der Waals surface area contributed by atoms with E-state index in [0.29, 0.717) is 43.6 Å². The Morgan fingerprint density at radius 1 is 1.30 bits per heavy atom. The summed E-state index contributed by atoms with van der Waals surface area (Å²) in [6.45, 7) is 4.67. The van der Waals surface area contributed by atoms with Gasteiger partial charge in [-0.15, -0.1) is 0 Å². The molecule has 1 saturated heterocycles. The molecule has 0 saturated carbocycles. The second-order valence-electron chi connectivity index (χ2n) is 6.55. The minimum absolute atomic E-state index is 0.0143. The van der Waals surface area contributed by atoms with Crippen LogP contribution in [0.5, 0.6) is 0 Å². The van der Waals surface area contributed by atoms with Crippen LogP contribution in [0, 0.1) is 18.3 Å². The monoisotopic (exact) mass is 392 g/mol. The van der Waals surface area contributed by atoms with Crippen LogP contribution in [0.3, 0.4) is 0 Å². The average molecular weight is 393 g/mol. The number of anilines is 1. The molecule has 0 atom stereocenters.